The van der Waals surface area contributed by atoms with Crippen molar-refractivity contribution in [3.05, 3.63) is 34.9 Å². The van der Waals surface area contributed by atoms with Crippen LogP contribution in [-0.2, 0) is 6.42 Å². The van der Waals surface area contributed by atoms with Crippen molar-refractivity contribution in [2.75, 3.05) is 0 Å². The summed E-state index contributed by atoms with van der Waals surface area (Å²) in [6.07, 6.45) is -0.990. The minimum absolute atomic E-state index is 0.0384. The van der Waals surface area contributed by atoms with E-state index in [1.807, 2.05) is 0 Å². The lowest BCUT2D eigenvalue weighted by Gasteiger charge is -2.08. The Morgan fingerprint density at radius 2 is 1.60 bits per heavy atom. The number of halogens is 4. The molecule has 1 aromatic rings. The second-order valence-electron chi connectivity index (χ2n) is 3.33. The summed E-state index contributed by atoms with van der Waals surface area (Å²) in [7, 11) is 0. The molecule has 0 heterocycles. The van der Waals surface area contributed by atoms with Crippen LogP contribution in [-0.4, -0.2) is 11.2 Å². The second kappa shape index (κ2) is 4.61. The van der Waals surface area contributed by atoms with Crippen LogP contribution in [0, 0.1) is 23.3 Å². The highest BCUT2D eigenvalue weighted by Gasteiger charge is 2.18. The number of aliphatic hydroxyl groups excluding tert-OH is 1. The first kappa shape index (κ1) is 12.0. The molecular weight excluding hydrogens is 212 g/mol. The number of benzene rings is 1. The zero-order valence-electron chi connectivity index (χ0n) is 8.03. The van der Waals surface area contributed by atoms with Crippen molar-refractivity contribution in [2.45, 2.75) is 25.9 Å². The summed E-state index contributed by atoms with van der Waals surface area (Å²) in [5, 5.41) is 8.90. The SMILES string of the molecule is C[C@H](O)CCc1c(F)c(F)cc(F)c1F. The van der Waals surface area contributed by atoms with Gasteiger partial charge in [0, 0.05) is 11.6 Å². The third-order valence-electron chi connectivity index (χ3n) is 2.01. The van der Waals surface area contributed by atoms with Gasteiger partial charge in [-0.1, -0.05) is 0 Å². The fraction of sp³-hybridized carbons (Fsp3) is 0.400. The molecule has 84 valence electrons. The van der Waals surface area contributed by atoms with Gasteiger partial charge in [0.15, 0.2) is 23.3 Å². The summed E-state index contributed by atoms with van der Waals surface area (Å²) in [6, 6.07) is 0.163. The van der Waals surface area contributed by atoms with Crippen LogP contribution in [0.3, 0.4) is 0 Å². The fourth-order valence-electron chi connectivity index (χ4n) is 1.20. The van der Waals surface area contributed by atoms with E-state index in [2.05, 4.69) is 0 Å². The van der Waals surface area contributed by atoms with Gasteiger partial charge in [0.25, 0.3) is 0 Å². The van der Waals surface area contributed by atoms with Crippen molar-refractivity contribution >= 4 is 0 Å². The number of hydrogen-bond acceptors (Lipinski definition) is 1. The lowest BCUT2D eigenvalue weighted by molar-refractivity contribution is 0.184. The summed E-state index contributed by atoms with van der Waals surface area (Å²) in [5.41, 5.74) is -0.659. The van der Waals surface area contributed by atoms with E-state index in [4.69, 9.17) is 5.11 Å². The molecule has 0 aromatic heterocycles. The smallest absolute Gasteiger partial charge is 0.165 e. The Kier molecular flexibility index (Phi) is 3.68. The van der Waals surface area contributed by atoms with Crippen LogP contribution in [0.15, 0.2) is 6.07 Å². The largest absolute Gasteiger partial charge is 0.393 e. The summed E-state index contributed by atoms with van der Waals surface area (Å²) >= 11 is 0. The third-order valence-corrected chi connectivity index (χ3v) is 2.01. The zero-order chi connectivity index (χ0) is 11.6. The van der Waals surface area contributed by atoms with Gasteiger partial charge in [-0.3, -0.25) is 0 Å². The summed E-state index contributed by atoms with van der Waals surface area (Å²) in [4.78, 5) is 0. The van der Waals surface area contributed by atoms with E-state index in [-0.39, 0.29) is 18.9 Å². The summed E-state index contributed by atoms with van der Waals surface area (Å²) in [6.45, 7) is 1.42. The molecule has 0 radical (unpaired) electrons. The van der Waals surface area contributed by atoms with E-state index in [1.54, 1.807) is 0 Å². The first-order chi connectivity index (χ1) is 6.93. The van der Waals surface area contributed by atoms with Gasteiger partial charge < -0.3 is 5.11 Å². The van der Waals surface area contributed by atoms with Gasteiger partial charge in [-0.25, -0.2) is 17.6 Å². The topological polar surface area (TPSA) is 20.2 Å². The van der Waals surface area contributed by atoms with Gasteiger partial charge in [-0.05, 0) is 19.8 Å². The number of rotatable bonds is 3. The molecule has 15 heavy (non-hydrogen) atoms. The Labute approximate surface area is 84.3 Å². The van der Waals surface area contributed by atoms with Crippen LogP contribution in [0.4, 0.5) is 17.6 Å². The van der Waals surface area contributed by atoms with E-state index in [9.17, 15) is 17.6 Å². The van der Waals surface area contributed by atoms with Gasteiger partial charge in [0.05, 0.1) is 6.10 Å². The molecule has 0 bridgehead atoms. The van der Waals surface area contributed by atoms with E-state index in [1.165, 1.54) is 6.92 Å². The standard InChI is InChI=1S/C10H10F4O/c1-5(15)2-3-6-9(13)7(11)4-8(12)10(6)14/h4-5,15H,2-3H2,1H3/t5-/m0/s1. The summed E-state index contributed by atoms with van der Waals surface area (Å²) < 4.78 is 51.5. The molecule has 0 unspecified atom stereocenters. The predicted molar refractivity (Wildman–Crippen MR) is 46.3 cm³/mol. The molecule has 0 aliphatic heterocycles. The molecule has 0 spiro atoms. The van der Waals surface area contributed by atoms with E-state index >= 15 is 0 Å². The Morgan fingerprint density at radius 1 is 1.13 bits per heavy atom. The monoisotopic (exact) mass is 222 g/mol. The molecule has 0 aliphatic rings. The average molecular weight is 222 g/mol. The van der Waals surface area contributed by atoms with Gasteiger partial charge in [0.2, 0.25) is 0 Å². The highest BCUT2D eigenvalue weighted by molar-refractivity contribution is 5.22. The molecule has 0 saturated carbocycles. The van der Waals surface area contributed by atoms with E-state index in [0.29, 0.717) is 0 Å². The van der Waals surface area contributed by atoms with Crippen molar-refractivity contribution in [1.29, 1.82) is 0 Å². The Hall–Kier alpha value is -1.10. The van der Waals surface area contributed by atoms with Crippen LogP contribution in [0.1, 0.15) is 18.9 Å². The highest BCUT2D eigenvalue weighted by atomic mass is 19.2. The molecule has 1 atom stereocenters. The molecule has 0 aliphatic carbocycles. The van der Waals surface area contributed by atoms with Crippen LogP contribution in [0.5, 0.6) is 0 Å². The van der Waals surface area contributed by atoms with Gasteiger partial charge in [0.1, 0.15) is 0 Å². The molecule has 0 amide bonds. The fourth-order valence-corrected chi connectivity index (χ4v) is 1.20. The molecule has 1 N–H and O–H groups in total. The lowest BCUT2D eigenvalue weighted by Crippen LogP contribution is -2.07. The Morgan fingerprint density at radius 3 is 2.00 bits per heavy atom. The Balaban J connectivity index is 3.04. The molecule has 1 nitrogen and oxygen atoms in total. The lowest BCUT2D eigenvalue weighted by atomic mass is 10.1. The minimum atomic E-state index is -1.42. The van der Waals surface area contributed by atoms with Gasteiger partial charge >= 0.3 is 0 Å². The zero-order valence-corrected chi connectivity index (χ0v) is 8.03. The number of aliphatic hydroxyl groups is 1. The number of hydrogen-bond donors (Lipinski definition) is 1. The maximum Gasteiger partial charge on any atom is 0.165 e. The van der Waals surface area contributed by atoms with E-state index in [0.717, 1.165) is 0 Å². The van der Waals surface area contributed by atoms with Gasteiger partial charge in [-0.15, -0.1) is 0 Å². The molecule has 1 aromatic carbocycles. The second-order valence-corrected chi connectivity index (χ2v) is 3.33. The normalized spacial score (nSPS) is 12.9. The molecule has 5 heteroatoms. The van der Waals surface area contributed by atoms with Crippen LogP contribution >= 0.6 is 0 Å². The van der Waals surface area contributed by atoms with E-state index < -0.39 is 34.9 Å². The average Bonchev–Trinajstić information content (AvgIpc) is 2.14. The van der Waals surface area contributed by atoms with Crippen molar-refractivity contribution in [2.24, 2.45) is 0 Å². The Bertz CT molecular complexity index is 337. The van der Waals surface area contributed by atoms with Crippen molar-refractivity contribution in [3.63, 3.8) is 0 Å². The molecule has 0 saturated heterocycles. The molecule has 1 rings (SSSR count). The van der Waals surface area contributed by atoms with Crippen LogP contribution in [0.25, 0.3) is 0 Å². The molecular formula is C10H10F4O. The summed E-state index contributed by atoms with van der Waals surface area (Å²) in [5.74, 6) is -5.63. The maximum atomic E-state index is 13.0. The predicted octanol–water partition coefficient (Wildman–Crippen LogP) is 2.56. The third kappa shape index (κ3) is 2.68. The van der Waals surface area contributed by atoms with Gasteiger partial charge in [-0.2, -0.15) is 0 Å². The first-order valence-corrected chi connectivity index (χ1v) is 4.43. The van der Waals surface area contributed by atoms with Crippen LogP contribution < -0.4 is 0 Å². The first-order valence-electron chi connectivity index (χ1n) is 4.43. The van der Waals surface area contributed by atoms with Crippen molar-refractivity contribution in [1.82, 2.24) is 0 Å². The van der Waals surface area contributed by atoms with Crippen LogP contribution in [0.2, 0.25) is 0 Å². The van der Waals surface area contributed by atoms with Crippen molar-refractivity contribution in [3.8, 4) is 0 Å². The van der Waals surface area contributed by atoms with Crippen molar-refractivity contribution < 1.29 is 22.7 Å². The minimum Gasteiger partial charge on any atom is -0.393 e. The molecule has 0 fully saturated rings. The maximum absolute atomic E-state index is 13.0. The quantitative estimate of drug-likeness (QED) is 0.615. The highest BCUT2D eigenvalue weighted by Crippen LogP contribution is 2.20.